The number of methoxy groups -OCH3 is 2. The number of para-hydroxylation sites is 1. The van der Waals surface area contributed by atoms with Crippen LogP contribution in [-0.4, -0.2) is 80.4 Å². The Morgan fingerprint density at radius 1 is 1.11 bits per heavy atom. The summed E-state index contributed by atoms with van der Waals surface area (Å²) >= 11 is 1.32. The quantitative estimate of drug-likeness (QED) is 0.526. The number of hydrogen-bond acceptors (Lipinski definition) is 8. The number of rotatable bonds is 7. The number of hydrogen-bond donors (Lipinski definition) is 1. The molecule has 4 rings (SSSR count). The molecule has 35 heavy (non-hydrogen) atoms. The van der Waals surface area contributed by atoms with Gasteiger partial charge in [-0.3, -0.25) is 9.69 Å². The molecule has 2 atom stereocenters. The van der Waals surface area contributed by atoms with Crippen LogP contribution in [0.2, 0.25) is 0 Å². The van der Waals surface area contributed by atoms with E-state index in [9.17, 15) is 9.90 Å². The van der Waals surface area contributed by atoms with Gasteiger partial charge in [-0.1, -0.05) is 18.2 Å². The molecule has 1 fully saturated rings. The average Bonchev–Trinajstić information content (AvgIpc) is 3.01. The zero-order valence-electron chi connectivity index (χ0n) is 20.1. The van der Waals surface area contributed by atoms with Crippen LogP contribution >= 0.6 is 36.6 Å². The molecule has 7 nitrogen and oxygen atoms in total. The van der Waals surface area contributed by atoms with Gasteiger partial charge in [0.1, 0.15) is 29.0 Å². The zero-order valence-corrected chi connectivity index (χ0v) is 22.5. The first kappa shape index (κ1) is 29.4. The predicted octanol–water partition coefficient (Wildman–Crippen LogP) is 3.90. The monoisotopic (exact) mass is 544 g/mol. The lowest BCUT2D eigenvalue weighted by Crippen LogP contribution is -2.50. The standard InChI is InChI=1S/C25H32N2O5S.2ClH/c1-30-20-9-10-21-22(17-20)33-25(24(29)31-2,23(28)18-32-21)11-6-12-26-13-15-27(16-14-26)19-7-4-3-5-8-19;;/h3-5,7-10,17,23,28H,6,11-16,18H2,1-2H3;2*1H/t23-,25+;;/m0../s1. The molecule has 0 unspecified atom stereocenters. The van der Waals surface area contributed by atoms with E-state index in [-0.39, 0.29) is 31.4 Å². The third-order valence-electron chi connectivity index (χ3n) is 6.43. The SMILES string of the molecule is COC(=O)[C@]1(CCCN2CCN(c3ccccc3)CC2)Sc2cc(OC)ccc2OC[C@@H]1O.Cl.Cl. The van der Waals surface area contributed by atoms with Gasteiger partial charge in [0.15, 0.2) is 0 Å². The second-order valence-electron chi connectivity index (χ2n) is 8.39. The highest BCUT2D eigenvalue weighted by Crippen LogP contribution is 2.47. The van der Waals surface area contributed by atoms with Crippen molar-refractivity contribution in [2.75, 3.05) is 58.5 Å². The van der Waals surface area contributed by atoms with Crippen LogP contribution in [0.15, 0.2) is 53.4 Å². The van der Waals surface area contributed by atoms with Crippen molar-refractivity contribution < 1.29 is 24.1 Å². The molecule has 2 aromatic carbocycles. The van der Waals surface area contributed by atoms with Crippen molar-refractivity contribution in [3.8, 4) is 11.5 Å². The summed E-state index contributed by atoms with van der Waals surface area (Å²) in [5.74, 6) is 0.895. The number of aliphatic hydroxyl groups excluding tert-OH is 1. The molecular weight excluding hydrogens is 511 g/mol. The molecule has 10 heteroatoms. The van der Waals surface area contributed by atoms with Crippen molar-refractivity contribution in [1.82, 2.24) is 4.90 Å². The molecule has 0 aliphatic carbocycles. The van der Waals surface area contributed by atoms with Crippen molar-refractivity contribution in [2.24, 2.45) is 0 Å². The molecule has 0 spiro atoms. The highest BCUT2D eigenvalue weighted by atomic mass is 35.5. The van der Waals surface area contributed by atoms with E-state index in [1.807, 2.05) is 24.3 Å². The first-order valence-electron chi connectivity index (χ1n) is 11.3. The largest absolute Gasteiger partial charge is 0.497 e. The maximum Gasteiger partial charge on any atom is 0.325 e. The van der Waals surface area contributed by atoms with Crippen LogP contribution in [-0.2, 0) is 9.53 Å². The van der Waals surface area contributed by atoms with Crippen molar-refractivity contribution in [1.29, 1.82) is 0 Å². The number of carbonyl (C=O) groups is 1. The molecule has 2 aliphatic rings. The number of halogens is 2. The van der Waals surface area contributed by atoms with Crippen molar-refractivity contribution in [3.63, 3.8) is 0 Å². The fraction of sp³-hybridized carbons (Fsp3) is 0.480. The van der Waals surface area contributed by atoms with Gasteiger partial charge in [0.2, 0.25) is 0 Å². The van der Waals surface area contributed by atoms with E-state index in [2.05, 4.69) is 34.1 Å². The Balaban J connectivity index is 0.00000216. The number of esters is 1. The summed E-state index contributed by atoms with van der Waals surface area (Å²) in [6, 6.07) is 15.9. The first-order chi connectivity index (χ1) is 16.1. The Labute approximate surface area is 223 Å². The minimum atomic E-state index is -1.13. The molecule has 0 radical (unpaired) electrons. The Bertz CT molecular complexity index is 947. The van der Waals surface area contributed by atoms with Crippen LogP contribution in [0.3, 0.4) is 0 Å². The van der Waals surface area contributed by atoms with Crippen molar-refractivity contribution in [2.45, 2.75) is 28.6 Å². The summed E-state index contributed by atoms with van der Waals surface area (Å²) in [7, 11) is 2.97. The van der Waals surface area contributed by atoms with Crippen LogP contribution in [0.4, 0.5) is 5.69 Å². The zero-order chi connectivity index (χ0) is 23.3. The maximum absolute atomic E-state index is 13.0. The van der Waals surface area contributed by atoms with Crippen LogP contribution in [0.25, 0.3) is 0 Å². The third-order valence-corrected chi connectivity index (χ3v) is 7.97. The van der Waals surface area contributed by atoms with E-state index >= 15 is 0 Å². The third kappa shape index (κ3) is 6.68. The second kappa shape index (κ2) is 13.5. The summed E-state index contributed by atoms with van der Waals surface area (Å²) in [6.07, 6.45) is 0.275. The van der Waals surface area contributed by atoms with Gasteiger partial charge in [0.25, 0.3) is 0 Å². The topological polar surface area (TPSA) is 71.5 Å². The van der Waals surface area contributed by atoms with E-state index in [4.69, 9.17) is 14.2 Å². The molecule has 0 amide bonds. The highest BCUT2D eigenvalue weighted by Gasteiger charge is 2.49. The van der Waals surface area contributed by atoms with Gasteiger partial charge in [0, 0.05) is 31.9 Å². The van der Waals surface area contributed by atoms with E-state index in [1.165, 1.54) is 24.6 Å². The molecule has 2 aliphatic heterocycles. The van der Waals surface area contributed by atoms with Gasteiger partial charge < -0.3 is 24.2 Å². The summed E-state index contributed by atoms with van der Waals surface area (Å²) in [5, 5.41) is 11.0. The number of anilines is 1. The predicted molar refractivity (Wildman–Crippen MR) is 144 cm³/mol. The Morgan fingerprint density at radius 3 is 2.49 bits per heavy atom. The first-order valence-corrected chi connectivity index (χ1v) is 12.2. The van der Waals surface area contributed by atoms with Gasteiger partial charge in [0.05, 0.1) is 19.1 Å². The van der Waals surface area contributed by atoms with E-state index in [0.717, 1.165) is 44.0 Å². The van der Waals surface area contributed by atoms with E-state index < -0.39 is 16.8 Å². The van der Waals surface area contributed by atoms with Crippen LogP contribution < -0.4 is 14.4 Å². The van der Waals surface area contributed by atoms with Crippen LogP contribution in [0.5, 0.6) is 11.5 Å². The molecule has 2 heterocycles. The lowest BCUT2D eigenvalue weighted by molar-refractivity contribution is -0.147. The number of carbonyl (C=O) groups excluding carboxylic acids is 1. The number of nitrogens with zero attached hydrogens (tertiary/aromatic N) is 2. The number of thioether (sulfide) groups is 1. The lowest BCUT2D eigenvalue weighted by atomic mass is 9.95. The Morgan fingerprint density at radius 2 is 1.83 bits per heavy atom. The van der Waals surface area contributed by atoms with Crippen LogP contribution in [0.1, 0.15) is 12.8 Å². The molecular formula is C25H34Cl2N2O5S. The molecule has 2 aromatic rings. The van der Waals surface area contributed by atoms with Gasteiger partial charge >= 0.3 is 5.97 Å². The number of ether oxygens (including phenoxy) is 3. The normalized spacial score (nSPS) is 21.9. The smallest absolute Gasteiger partial charge is 0.325 e. The number of piperazine rings is 1. The molecule has 0 saturated carbocycles. The van der Waals surface area contributed by atoms with E-state index in [0.29, 0.717) is 17.9 Å². The molecule has 1 N–H and O–H groups in total. The van der Waals surface area contributed by atoms with Crippen molar-refractivity contribution in [3.05, 3.63) is 48.5 Å². The fourth-order valence-corrected chi connectivity index (χ4v) is 5.90. The number of aliphatic hydroxyl groups is 1. The summed E-state index contributed by atoms with van der Waals surface area (Å²) < 4.78 is 15.2. The molecule has 0 bridgehead atoms. The molecule has 1 saturated heterocycles. The summed E-state index contributed by atoms with van der Waals surface area (Å²) in [5.41, 5.74) is 1.26. The minimum Gasteiger partial charge on any atom is -0.497 e. The minimum absolute atomic E-state index is 0. The van der Waals surface area contributed by atoms with Gasteiger partial charge in [-0.2, -0.15) is 0 Å². The fourth-order valence-electron chi connectivity index (χ4n) is 4.49. The van der Waals surface area contributed by atoms with E-state index in [1.54, 1.807) is 7.11 Å². The molecule has 0 aromatic heterocycles. The van der Waals surface area contributed by atoms with Crippen molar-refractivity contribution >= 4 is 48.2 Å². The number of fused-ring (bicyclic) bond motifs is 1. The number of benzene rings is 2. The Hall–Kier alpha value is -1.84. The summed E-state index contributed by atoms with van der Waals surface area (Å²) in [6.45, 7) is 4.80. The van der Waals surface area contributed by atoms with Gasteiger partial charge in [-0.15, -0.1) is 36.6 Å². The van der Waals surface area contributed by atoms with Crippen LogP contribution in [0, 0.1) is 0 Å². The lowest BCUT2D eigenvalue weighted by Gasteiger charge is -2.37. The van der Waals surface area contributed by atoms with Gasteiger partial charge in [-0.05, 0) is 49.7 Å². The Kier molecular flexibility index (Phi) is 11.3. The maximum atomic E-state index is 13.0. The average molecular weight is 546 g/mol. The molecule has 194 valence electrons. The summed E-state index contributed by atoms with van der Waals surface area (Å²) in [4.78, 5) is 18.6. The van der Waals surface area contributed by atoms with Gasteiger partial charge in [-0.25, -0.2) is 0 Å². The highest BCUT2D eigenvalue weighted by molar-refractivity contribution is 8.01. The second-order valence-corrected chi connectivity index (χ2v) is 9.76.